The number of benzene rings is 2. The van der Waals surface area contributed by atoms with Gasteiger partial charge in [0, 0.05) is 5.70 Å². The van der Waals surface area contributed by atoms with Gasteiger partial charge in [-0.1, -0.05) is 12.1 Å². The van der Waals surface area contributed by atoms with E-state index in [1.54, 1.807) is 12.1 Å². The Labute approximate surface area is 180 Å². The van der Waals surface area contributed by atoms with Crippen LogP contribution >= 0.6 is 0 Å². The van der Waals surface area contributed by atoms with Gasteiger partial charge in [-0.2, -0.15) is 0 Å². The molecule has 8 heteroatoms. The predicted molar refractivity (Wildman–Crippen MR) is 117 cm³/mol. The fourth-order valence-electron chi connectivity index (χ4n) is 3.89. The van der Waals surface area contributed by atoms with Crippen molar-refractivity contribution in [3.8, 4) is 17.2 Å². The smallest absolute Gasteiger partial charge is 0.338 e. The number of carbonyl (C=O) groups is 1. The summed E-state index contributed by atoms with van der Waals surface area (Å²) in [6, 6.07) is 10.5. The van der Waals surface area contributed by atoms with Gasteiger partial charge in [-0.3, -0.25) is 4.57 Å². The number of nitrogens with zero attached hydrogens (tertiary/aromatic N) is 2. The number of methoxy groups -OCH3 is 2. The molecule has 0 saturated heterocycles. The number of hydrogen-bond donors (Lipinski definition) is 2. The first-order valence-electron chi connectivity index (χ1n) is 9.96. The van der Waals surface area contributed by atoms with Gasteiger partial charge in [0.25, 0.3) is 0 Å². The van der Waals surface area contributed by atoms with Crippen LogP contribution in [0.25, 0.3) is 11.0 Å². The SMILES string of the molecule is COc1cc(C2C(C(=O)OC(C)C)=C(C)Nc3nc4ccccc4n32)cc(OC)c1O. The molecule has 0 saturated carbocycles. The summed E-state index contributed by atoms with van der Waals surface area (Å²) in [4.78, 5) is 17.9. The third kappa shape index (κ3) is 3.43. The quantitative estimate of drug-likeness (QED) is 0.599. The van der Waals surface area contributed by atoms with Crippen LogP contribution in [0.1, 0.15) is 32.4 Å². The fourth-order valence-corrected chi connectivity index (χ4v) is 3.89. The first-order valence-corrected chi connectivity index (χ1v) is 9.96. The van der Waals surface area contributed by atoms with Crippen molar-refractivity contribution >= 4 is 23.0 Å². The van der Waals surface area contributed by atoms with Crippen molar-refractivity contribution in [3.63, 3.8) is 0 Å². The summed E-state index contributed by atoms with van der Waals surface area (Å²) < 4.78 is 18.2. The Bertz CT molecular complexity index is 1170. The molecule has 2 heterocycles. The number of phenolic OH excluding ortho intramolecular Hbond substituents is 1. The number of carbonyl (C=O) groups excluding carboxylic acids is 1. The van der Waals surface area contributed by atoms with Gasteiger partial charge in [0.15, 0.2) is 11.5 Å². The zero-order chi connectivity index (χ0) is 22.3. The molecule has 0 radical (unpaired) electrons. The molecule has 0 amide bonds. The summed E-state index contributed by atoms with van der Waals surface area (Å²) in [6.07, 6.45) is -0.279. The number of fused-ring (bicyclic) bond motifs is 3. The van der Waals surface area contributed by atoms with Crippen molar-refractivity contribution < 1.29 is 24.1 Å². The highest BCUT2D eigenvalue weighted by atomic mass is 16.5. The van der Waals surface area contributed by atoms with E-state index in [0.717, 1.165) is 11.0 Å². The van der Waals surface area contributed by atoms with Crippen LogP contribution in [0.3, 0.4) is 0 Å². The zero-order valence-electron chi connectivity index (χ0n) is 18.1. The monoisotopic (exact) mass is 423 g/mol. The van der Waals surface area contributed by atoms with Crippen molar-refractivity contribution in [2.45, 2.75) is 32.9 Å². The third-order valence-electron chi connectivity index (χ3n) is 5.21. The van der Waals surface area contributed by atoms with Crippen molar-refractivity contribution in [2.24, 2.45) is 0 Å². The average Bonchev–Trinajstić information content (AvgIpc) is 3.10. The van der Waals surface area contributed by atoms with Crippen LogP contribution in [0.15, 0.2) is 47.7 Å². The van der Waals surface area contributed by atoms with E-state index in [0.29, 0.717) is 22.8 Å². The normalized spacial score (nSPS) is 15.6. The van der Waals surface area contributed by atoms with Crippen LogP contribution in [-0.2, 0) is 9.53 Å². The van der Waals surface area contributed by atoms with Crippen molar-refractivity contribution in [3.05, 3.63) is 53.2 Å². The van der Waals surface area contributed by atoms with Gasteiger partial charge in [0.05, 0.1) is 43.0 Å². The second-order valence-electron chi connectivity index (χ2n) is 7.59. The number of aromatic hydroxyl groups is 1. The van der Waals surface area contributed by atoms with E-state index >= 15 is 0 Å². The summed E-state index contributed by atoms with van der Waals surface area (Å²) in [5, 5.41) is 13.6. The zero-order valence-corrected chi connectivity index (χ0v) is 18.1. The van der Waals surface area contributed by atoms with Gasteiger partial charge in [0.2, 0.25) is 11.7 Å². The highest BCUT2D eigenvalue weighted by Gasteiger charge is 2.36. The molecular weight excluding hydrogens is 398 g/mol. The Hall–Kier alpha value is -3.68. The van der Waals surface area contributed by atoms with Crippen LogP contribution < -0.4 is 14.8 Å². The molecule has 1 aliphatic heterocycles. The molecule has 4 rings (SSSR count). The molecule has 1 aromatic heterocycles. The lowest BCUT2D eigenvalue weighted by Crippen LogP contribution is -2.30. The van der Waals surface area contributed by atoms with Gasteiger partial charge in [-0.25, -0.2) is 9.78 Å². The lowest BCUT2D eigenvalue weighted by atomic mass is 9.94. The largest absolute Gasteiger partial charge is 0.502 e. The van der Waals surface area contributed by atoms with Crippen LogP contribution in [0.4, 0.5) is 5.95 Å². The molecule has 0 aliphatic carbocycles. The summed E-state index contributed by atoms with van der Waals surface area (Å²) >= 11 is 0. The number of ether oxygens (including phenoxy) is 3. The summed E-state index contributed by atoms with van der Waals surface area (Å²) in [6.45, 7) is 5.44. The molecule has 31 heavy (non-hydrogen) atoms. The fraction of sp³-hybridized carbons (Fsp3) is 0.304. The summed E-state index contributed by atoms with van der Waals surface area (Å²) in [5.74, 6) is 0.557. The van der Waals surface area contributed by atoms with Gasteiger partial charge >= 0.3 is 5.97 Å². The Morgan fingerprint density at radius 2 is 1.81 bits per heavy atom. The third-order valence-corrected chi connectivity index (χ3v) is 5.21. The number of nitrogens with one attached hydrogen (secondary N) is 1. The Morgan fingerprint density at radius 3 is 2.42 bits per heavy atom. The lowest BCUT2D eigenvalue weighted by Gasteiger charge is -2.31. The van der Waals surface area contributed by atoms with Gasteiger partial charge in [0.1, 0.15) is 0 Å². The highest BCUT2D eigenvalue weighted by Crippen LogP contribution is 2.45. The molecule has 2 aromatic carbocycles. The van der Waals surface area contributed by atoms with Crippen LogP contribution in [0.5, 0.6) is 17.2 Å². The molecule has 1 atom stereocenters. The predicted octanol–water partition coefficient (Wildman–Crippen LogP) is 4.00. The lowest BCUT2D eigenvalue weighted by molar-refractivity contribution is -0.143. The molecule has 1 aliphatic rings. The molecule has 2 N–H and O–H groups in total. The van der Waals surface area contributed by atoms with Crippen LogP contribution in [0, 0.1) is 0 Å². The van der Waals surface area contributed by atoms with E-state index in [-0.39, 0.29) is 23.4 Å². The first kappa shape index (κ1) is 20.6. The number of phenols is 1. The topological polar surface area (TPSA) is 94.8 Å². The second-order valence-corrected chi connectivity index (χ2v) is 7.59. The number of anilines is 1. The summed E-state index contributed by atoms with van der Waals surface area (Å²) in [5.41, 5.74) is 3.42. The molecule has 8 nitrogen and oxygen atoms in total. The average molecular weight is 423 g/mol. The van der Waals surface area contributed by atoms with Crippen LogP contribution in [0.2, 0.25) is 0 Å². The number of para-hydroxylation sites is 2. The maximum Gasteiger partial charge on any atom is 0.338 e. The molecule has 0 spiro atoms. The number of allylic oxidation sites excluding steroid dienone is 1. The second kappa shape index (κ2) is 7.86. The number of imidazole rings is 1. The molecule has 1 unspecified atom stereocenters. The van der Waals surface area contributed by atoms with Gasteiger partial charge < -0.3 is 24.6 Å². The highest BCUT2D eigenvalue weighted by molar-refractivity contribution is 5.94. The maximum atomic E-state index is 13.2. The number of hydrogen-bond acceptors (Lipinski definition) is 7. The van der Waals surface area contributed by atoms with Gasteiger partial charge in [-0.15, -0.1) is 0 Å². The molecule has 162 valence electrons. The van der Waals surface area contributed by atoms with E-state index in [1.165, 1.54) is 14.2 Å². The molecular formula is C23H25N3O5. The minimum absolute atomic E-state index is 0.106. The Kier molecular flexibility index (Phi) is 5.22. The first-order chi connectivity index (χ1) is 14.8. The number of aromatic nitrogens is 2. The minimum atomic E-state index is -0.571. The van der Waals surface area contributed by atoms with Gasteiger partial charge in [-0.05, 0) is 50.6 Å². The maximum absolute atomic E-state index is 13.2. The minimum Gasteiger partial charge on any atom is -0.502 e. The Morgan fingerprint density at radius 1 is 1.16 bits per heavy atom. The summed E-state index contributed by atoms with van der Waals surface area (Å²) in [7, 11) is 2.93. The number of rotatable bonds is 5. The van der Waals surface area contributed by atoms with Crippen molar-refractivity contribution in [1.29, 1.82) is 0 Å². The van der Waals surface area contributed by atoms with Crippen molar-refractivity contribution in [1.82, 2.24) is 9.55 Å². The molecule has 0 bridgehead atoms. The Balaban J connectivity index is 2.01. The van der Waals surface area contributed by atoms with Crippen LogP contribution in [-0.4, -0.2) is 41.0 Å². The van der Waals surface area contributed by atoms with E-state index in [1.807, 2.05) is 49.6 Å². The molecule has 3 aromatic rings. The van der Waals surface area contributed by atoms with E-state index in [2.05, 4.69) is 5.32 Å². The van der Waals surface area contributed by atoms with E-state index in [4.69, 9.17) is 19.2 Å². The van der Waals surface area contributed by atoms with E-state index < -0.39 is 12.0 Å². The van der Waals surface area contributed by atoms with E-state index in [9.17, 15) is 9.90 Å². The van der Waals surface area contributed by atoms with Crippen molar-refractivity contribution in [2.75, 3.05) is 19.5 Å². The number of esters is 1. The standard InChI is InChI=1S/C23H25N3O5/c1-12(2)31-22(28)19-13(3)24-23-25-15-8-6-7-9-16(15)26(23)20(19)14-10-17(29-4)21(27)18(11-14)30-5/h6-12,20,27H,1-5H3,(H,24,25). The molecule has 0 fully saturated rings.